The predicted octanol–water partition coefficient (Wildman–Crippen LogP) is 3.37. The van der Waals surface area contributed by atoms with Crippen molar-refractivity contribution in [3.8, 4) is 6.07 Å². The maximum absolute atomic E-state index is 8.98. The van der Waals surface area contributed by atoms with Crippen molar-refractivity contribution in [2.24, 2.45) is 0 Å². The maximum Gasteiger partial charge on any atom is 0.139 e. The summed E-state index contributed by atoms with van der Waals surface area (Å²) in [6.07, 6.45) is -0.0860. The Bertz CT molecular complexity index is 644. The summed E-state index contributed by atoms with van der Waals surface area (Å²) in [5.74, 6) is 0.889. The van der Waals surface area contributed by atoms with E-state index in [2.05, 4.69) is 36.4 Å². The van der Waals surface area contributed by atoms with E-state index < -0.39 is 0 Å². The number of benzene rings is 1. The molecule has 0 aliphatic rings. The van der Waals surface area contributed by atoms with Crippen LogP contribution in [0.15, 0.2) is 18.2 Å². The van der Waals surface area contributed by atoms with Crippen LogP contribution in [0.3, 0.4) is 0 Å². The molecule has 0 saturated carbocycles. The number of ether oxygens (including phenoxy) is 1. The van der Waals surface area contributed by atoms with Crippen molar-refractivity contribution >= 4 is 11.0 Å². The van der Waals surface area contributed by atoms with Crippen LogP contribution in [0.5, 0.6) is 0 Å². The van der Waals surface area contributed by atoms with Gasteiger partial charge in [-0.25, -0.2) is 4.98 Å². The number of nitriles is 1. The fraction of sp³-hybridized carbons (Fsp3) is 0.467. The molecule has 1 aromatic carbocycles. The third-order valence-corrected chi connectivity index (χ3v) is 3.20. The number of aromatic nitrogens is 2. The van der Waals surface area contributed by atoms with Gasteiger partial charge in [-0.15, -0.1) is 0 Å². The fourth-order valence-corrected chi connectivity index (χ4v) is 2.25. The van der Waals surface area contributed by atoms with E-state index in [1.165, 1.54) is 0 Å². The second-order valence-corrected chi connectivity index (χ2v) is 5.67. The van der Waals surface area contributed by atoms with Crippen LogP contribution in [0.1, 0.15) is 45.2 Å². The lowest BCUT2D eigenvalue weighted by Gasteiger charge is -2.26. The van der Waals surface area contributed by atoms with E-state index in [4.69, 9.17) is 10.00 Å². The average molecular weight is 257 g/mol. The molecule has 1 heterocycles. The Kier molecular flexibility index (Phi) is 3.34. The van der Waals surface area contributed by atoms with Crippen molar-refractivity contribution in [1.29, 1.82) is 5.26 Å². The SMILES string of the molecule is COC(C)c1nc2cc(C#N)ccc2n1C(C)(C)C. The number of fused-ring (bicyclic) bond motifs is 1. The summed E-state index contributed by atoms with van der Waals surface area (Å²) >= 11 is 0. The molecule has 0 radical (unpaired) electrons. The van der Waals surface area contributed by atoms with Crippen molar-refractivity contribution in [3.05, 3.63) is 29.6 Å². The number of hydrogen-bond acceptors (Lipinski definition) is 3. The summed E-state index contributed by atoms with van der Waals surface area (Å²) < 4.78 is 7.59. The van der Waals surface area contributed by atoms with Crippen LogP contribution in [-0.4, -0.2) is 16.7 Å². The minimum absolute atomic E-state index is 0.0860. The van der Waals surface area contributed by atoms with Gasteiger partial charge < -0.3 is 9.30 Å². The highest BCUT2D eigenvalue weighted by molar-refractivity contribution is 5.78. The lowest BCUT2D eigenvalue weighted by molar-refractivity contribution is 0.105. The Morgan fingerprint density at radius 3 is 2.58 bits per heavy atom. The summed E-state index contributed by atoms with van der Waals surface area (Å²) in [5, 5.41) is 8.98. The van der Waals surface area contributed by atoms with Crippen molar-refractivity contribution in [2.75, 3.05) is 7.11 Å². The molecule has 100 valence electrons. The van der Waals surface area contributed by atoms with E-state index in [1.807, 2.05) is 25.1 Å². The summed E-state index contributed by atoms with van der Waals surface area (Å²) in [6, 6.07) is 7.76. The van der Waals surface area contributed by atoms with Crippen molar-refractivity contribution in [1.82, 2.24) is 9.55 Å². The zero-order valence-electron chi connectivity index (χ0n) is 12.1. The van der Waals surface area contributed by atoms with Gasteiger partial charge in [-0.1, -0.05) is 0 Å². The van der Waals surface area contributed by atoms with Crippen LogP contribution in [0.25, 0.3) is 11.0 Å². The van der Waals surface area contributed by atoms with Crippen LogP contribution < -0.4 is 0 Å². The standard InChI is InChI=1S/C15H19N3O/c1-10(19-5)14-17-12-8-11(9-16)6-7-13(12)18(14)15(2,3)4/h6-8,10H,1-5H3. The van der Waals surface area contributed by atoms with Gasteiger partial charge in [-0.3, -0.25) is 0 Å². The second-order valence-electron chi connectivity index (χ2n) is 5.67. The van der Waals surface area contributed by atoms with E-state index in [0.717, 1.165) is 16.9 Å². The van der Waals surface area contributed by atoms with Gasteiger partial charge in [-0.05, 0) is 45.9 Å². The molecule has 0 spiro atoms. The topological polar surface area (TPSA) is 50.8 Å². The number of hydrogen-bond donors (Lipinski definition) is 0. The summed E-state index contributed by atoms with van der Waals surface area (Å²) in [5.41, 5.74) is 2.41. The van der Waals surface area contributed by atoms with Crippen molar-refractivity contribution in [3.63, 3.8) is 0 Å². The minimum Gasteiger partial charge on any atom is -0.374 e. The normalized spacial score (nSPS) is 13.5. The Morgan fingerprint density at radius 1 is 1.37 bits per heavy atom. The average Bonchev–Trinajstić information content (AvgIpc) is 2.75. The zero-order valence-corrected chi connectivity index (χ0v) is 12.1. The molecule has 1 aromatic heterocycles. The van der Waals surface area contributed by atoms with Crippen molar-refractivity contribution in [2.45, 2.75) is 39.3 Å². The highest BCUT2D eigenvalue weighted by atomic mass is 16.5. The molecular formula is C15H19N3O. The molecule has 2 rings (SSSR count). The third-order valence-electron chi connectivity index (χ3n) is 3.20. The van der Waals surface area contributed by atoms with Crippen LogP contribution in [-0.2, 0) is 10.3 Å². The van der Waals surface area contributed by atoms with E-state index >= 15 is 0 Å². The van der Waals surface area contributed by atoms with Crippen LogP contribution >= 0.6 is 0 Å². The maximum atomic E-state index is 8.98. The van der Waals surface area contributed by atoms with E-state index in [0.29, 0.717) is 5.56 Å². The highest BCUT2D eigenvalue weighted by Crippen LogP contribution is 2.29. The Labute approximate surface area is 113 Å². The first kappa shape index (κ1) is 13.6. The van der Waals surface area contributed by atoms with Gasteiger partial charge in [0.1, 0.15) is 11.9 Å². The molecule has 0 amide bonds. The number of nitrogens with zero attached hydrogens (tertiary/aromatic N) is 3. The molecule has 0 saturated heterocycles. The predicted molar refractivity (Wildman–Crippen MR) is 74.9 cm³/mol. The number of methoxy groups -OCH3 is 1. The molecule has 2 aromatic rings. The lowest BCUT2D eigenvalue weighted by atomic mass is 10.1. The molecule has 0 bridgehead atoms. The Hall–Kier alpha value is -1.86. The Morgan fingerprint density at radius 2 is 2.05 bits per heavy atom. The largest absolute Gasteiger partial charge is 0.374 e. The third kappa shape index (κ3) is 2.34. The van der Waals surface area contributed by atoms with Gasteiger partial charge in [0.25, 0.3) is 0 Å². The zero-order chi connectivity index (χ0) is 14.2. The van der Waals surface area contributed by atoms with Gasteiger partial charge in [0.05, 0.1) is 22.7 Å². The van der Waals surface area contributed by atoms with Crippen LogP contribution in [0.2, 0.25) is 0 Å². The number of rotatable bonds is 2. The lowest BCUT2D eigenvalue weighted by Crippen LogP contribution is -2.25. The minimum atomic E-state index is -0.0922. The molecule has 0 aliphatic carbocycles. The highest BCUT2D eigenvalue weighted by Gasteiger charge is 2.24. The van der Waals surface area contributed by atoms with Gasteiger partial charge in [0, 0.05) is 12.6 Å². The first-order chi connectivity index (χ1) is 8.88. The second kappa shape index (κ2) is 4.67. The first-order valence-electron chi connectivity index (χ1n) is 6.34. The van der Waals surface area contributed by atoms with Gasteiger partial charge in [0.2, 0.25) is 0 Å². The Balaban J connectivity index is 2.77. The summed E-state index contributed by atoms with van der Waals surface area (Å²) in [7, 11) is 1.68. The van der Waals surface area contributed by atoms with E-state index in [1.54, 1.807) is 7.11 Å². The fourth-order valence-electron chi connectivity index (χ4n) is 2.25. The van der Waals surface area contributed by atoms with Crippen molar-refractivity contribution < 1.29 is 4.74 Å². The van der Waals surface area contributed by atoms with E-state index in [9.17, 15) is 0 Å². The van der Waals surface area contributed by atoms with Gasteiger partial charge in [-0.2, -0.15) is 5.26 Å². The quantitative estimate of drug-likeness (QED) is 0.828. The molecular weight excluding hydrogens is 238 g/mol. The monoisotopic (exact) mass is 257 g/mol. The molecule has 0 fully saturated rings. The molecule has 0 N–H and O–H groups in total. The smallest absolute Gasteiger partial charge is 0.139 e. The summed E-state index contributed by atoms with van der Waals surface area (Å²) in [6.45, 7) is 8.39. The van der Waals surface area contributed by atoms with Gasteiger partial charge in [0.15, 0.2) is 0 Å². The van der Waals surface area contributed by atoms with Crippen LogP contribution in [0, 0.1) is 11.3 Å². The number of imidazole rings is 1. The van der Waals surface area contributed by atoms with Gasteiger partial charge >= 0.3 is 0 Å². The first-order valence-corrected chi connectivity index (χ1v) is 6.34. The molecule has 19 heavy (non-hydrogen) atoms. The van der Waals surface area contributed by atoms with E-state index in [-0.39, 0.29) is 11.6 Å². The molecule has 1 atom stereocenters. The molecule has 0 aliphatic heterocycles. The van der Waals surface area contributed by atoms with Crippen LogP contribution in [0.4, 0.5) is 0 Å². The molecule has 4 nitrogen and oxygen atoms in total. The molecule has 1 unspecified atom stereocenters. The molecule has 4 heteroatoms. The summed E-state index contributed by atoms with van der Waals surface area (Å²) in [4.78, 5) is 4.65.